The molecule has 6 heteroatoms. The van der Waals surface area contributed by atoms with Gasteiger partial charge in [0.25, 0.3) is 5.56 Å². The predicted molar refractivity (Wildman–Crippen MR) is 68.4 cm³/mol. The number of aromatic nitrogens is 3. The number of fused-ring (bicyclic) bond motifs is 1. The van der Waals surface area contributed by atoms with Crippen LogP contribution in [-0.4, -0.2) is 28.2 Å². The van der Waals surface area contributed by atoms with Gasteiger partial charge in [0, 0.05) is 19.4 Å². The quantitative estimate of drug-likeness (QED) is 0.732. The molecule has 96 valence electrons. The summed E-state index contributed by atoms with van der Waals surface area (Å²) in [4.78, 5) is 21.4. The Kier molecular flexibility index (Phi) is 2.79. The fourth-order valence-electron chi connectivity index (χ4n) is 2.50. The summed E-state index contributed by atoms with van der Waals surface area (Å²) in [6.07, 6.45) is 4.90. The molecular formula is C12H16N4O2. The molecular weight excluding hydrogens is 232 g/mol. The molecule has 2 aromatic heterocycles. The molecule has 3 rings (SSSR count). The van der Waals surface area contributed by atoms with E-state index < -0.39 is 0 Å². The van der Waals surface area contributed by atoms with Crippen LogP contribution in [0.3, 0.4) is 0 Å². The third-order valence-electron chi connectivity index (χ3n) is 3.48. The molecule has 0 amide bonds. The topological polar surface area (TPSA) is 96.8 Å². The number of rotatable bonds is 2. The molecule has 0 spiro atoms. The summed E-state index contributed by atoms with van der Waals surface area (Å²) in [7, 11) is 0. The standard InChI is InChI=1S/C12H16N4O2/c13-12-15-9-8(5-7-1-3-18-4-2-7)6-14-10(9)11(17)16-12/h6-7,14H,1-5H2,(H3,13,15,16,17). The minimum Gasteiger partial charge on any atom is -0.381 e. The number of ether oxygens (including phenoxy) is 1. The molecule has 2 aromatic rings. The van der Waals surface area contributed by atoms with E-state index in [0.29, 0.717) is 17.0 Å². The lowest BCUT2D eigenvalue weighted by molar-refractivity contribution is 0.0666. The maximum atomic E-state index is 11.7. The number of aromatic amines is 2. The number of hydrogen-bond donors (Lipinski definition) is 3. The molecule has 1 fully saturated rings. The first-order chi connectivity index (χ1) is 8.74. The molecule has 1 aliphatic rings. The van der Waals surface area contributed by atoms with Crippen molar-refractivity contribution in [3.8, 4) is 0 Å². The molecule has 1 saturated heterocycles. The summed E-state index contributed by atoms with van der Waals surface area (Å²) in [5.74, 6) is 0.764. The Morgan fingerprint density at radius 1 is 1.44 bits per heavy atom. The number of nitrogens with two attached hydrogens (primary N) is 1. The first-order valence-electron chi connectivity index (χ1n) is 6.17. The number of nitrogens with zero attached hydrogens (tertiary/aromatic N) is 1. The van der Waals surface area contributed by atoms with Crippen molar-refractivity contribution in [3.63, 3.8) is 0 Å². The van der Waals surface area contributed by atoms with Crippen molar-refractivity contribution in [3.05, 3.63) is 22.1 Å². The van der Waals surface area contributed by atoms with Gasteiger partial charge in [-0.25, -0.2) is 4.98 Å². The Hall–Kier alpha value is -1.82. The molecule has 0 bridgehead atoms. The van der Waals surface area contributed by atoms with Gasteiger partial charge in [-0.15, -0.1) is 0 Å². The van der Waals surface area contributed by atoms with Crippen LogP contribution < -0.4 is 11.3 Å². The van der Waals surface area contributed by atoms with E-state index in [2.05, 4.69) is 15.0 Å². The first kappa shape index (κ1) is 11.3. The molecule has 0 atom stereocenters. The van der Waals surface area contributed by atoms with Gasteiger partial charge in [-0.2, -0.15) is 0 Å². The first-order valence-corrected chi connectivity index (χ1v) is 6.17. The lowest BCUT2D eigenvalue weighted by Crippen LogP contribution is -2.17. The van der Waals surface area contributed by atoms with E-state index in [9.17, 15) is 4.79 Å². The average Bonchev–Trinajstić information content (AvgIpc) is 2.74. The number of anilines is 1. The van der Waals surface area contributed by atoms with Crippen molar-refractivity contribution in [2.75, 3.05) is 18.9 Å². The van der Waals surface area contributed by atoms with Crippen LogP contribution in [0.25, 0.3) is 11.0 Å². The summed E-state index contributed by atoms with van der Waals surface area (Å²) < 4.78 is 5.35. The number of nitrogens with one attached hydrogen (secondary N) is 2. The van der Waals surface area contributed by atoms with Crippen LogP contribution in [0.4, 0.5) is 5.95 Å². The molecule has 6 nitrogen and oxygen atoms in total. The van der Waals surface area contributed by atoms with Crippen molar-refractivity contribution in [1.82, 2.24) is 15.0 Å². The van der Waals surface area contributed by atoms with E-state index in [0.717, 1.165) is 38.0 Å². The minimum absolute atomic E-state index is 0.167. The van der Waals surface area contributed by atoms with Crippen molar-refractivity contribution in [1.29, 1.82) is 0 Å². The molecule has 0 unspecified atom stereocenters. The highest BCUT2D eigenvalue weighted by molar-refractivity contribution is 5.78. The van der Waals surface area contributed by atoms with Crippen LogP contribution in [0.15, 0.2) is 11.0 Å². The van der Waals surface area contributed by atoms with Crippen LogP contribution in [0, 0.1) is 5.92 Å². The number of H-pyrrole nitrogens is 2. The Morgan fingerprint density at radius 3 is 3.00 bits per heavy atom. The predicted octanol–water partition coefficient (Wildman–Crippen LogP) is 0.802. The fourth-order valence-corrected chi connectivity index (χ4v) is 2.50. The molecule has 4 N–H and O–H groups in total. The molecule has 3 heterocycles. The summed E-state index contributed by atoms with van der Waals surface area (Å²) in [5.41, 5.74) is 7.64. The number of hydrogen-bond acceptors (Lipinski definition) is 4. The second kappa shape index (κ2) is 4.45. The lowest BCUT2D eigenvalue weighted by atomic mass is 9.93. The third kappa shape index (κ3) is 1.99. The van der Waals surface area contributed by atoms with Gasteiger partial charge in [0.05, 0.1) is 0 Å². The maximum absolute atomic E-state index is 11.7. The fraction of sp³-hybridized carbons (Fsp3) is 0.500. The monoisotopic (exact) mass is 248 g/mol. The highest BCUT2D eigenvalue weighted by Crippen LogP contribution is 2.23. The van der Waals surface area contributed by atoms with Crippen LogP contribution in [-0.2, 0) is 11.2 Å². The molecule has 1 aliphatic heterocycles. The van der Waals surface area contributed by atoms with Crippen molar-refractivity contribution < 1.29 is 4.74 Å². The van der Waals surface area contributed by atoms with Crippen LogP contribution in [0.5, 0.6) is 0 Å². The summed E-state index contributed by atoms with van der Waals surface area (Å²) >= 11 is 0. The van der Waals surface area contributed by atoms with E-state index in [1.54, 1.807) is 0 Å². The Balaban J connectivity index is 1.94. The second-order valence-corrected chi connectivity index (χ2v) is 4.75. The smallest absolute Gasteiger partial charge is 0.276 e. The third-order valence-corrected chi connectivity index (χ3v) is 3.48. The zero-order valence-corrected chi connectivity index (χ0v) is 10.0. The van der Waals surface area contributed by atoms with Crippen molar-refractivity contribution in [2.45, 2.75) is 19.3 Å². The summed E-state index contributed by atoms with van der Waals surface area (Å²) in [6.45, 7) is 1.65. The van der Waals surface area contributed by atoms with Gasteiger partial charge in [-0.05, 0) is 30.7 Å². The van der Waals surface area contributed by atoms with E-state index in [-0.39, 0.29) is 11.5 Å². The zero-order chi connectivity index (χ0) is 12.5. The normalized spacial score (nSPS) is 17.3. The Bertz CT molecular complexity index is 610. The highest BCUT2D eigenvalue weighted by Gasteiger charge is 2.17. The minimum atomic E-state index is -0.212. The van der Waals surface area contributed by atoms with E-state index in [4.69, 9.17) is 10.5 Å². The van der Waals surface area contributed by atoms with E-state index in [1.807, 2.05) is 6.20 Å². The van der Waals surface area contributed by atoms with Gasteiger partial charge in [0.1, 0.15) is 11.0 Å². The molecule has 0 aliphatic carbocycles. The molecule has 0 aromatic carbocycles. The largest absolute Gasteiger partial charge is 0.381 e. The average molecular weight is 248 g/mol. The van der Waals surface area contributed by atoms with Gasteiger partial charge in [0.15, 0.2) is 0 Å². The zero-order valence-electron chi connectivity index (χ0n) is 10.0. The van der Waals surface area contributed by atoms with Crippen LogP contribution in [0.1, 0.15) is 18.4 Å². The van der Waals surface area contributed by atoms with Gasteiger partial charge in [0.2, 0.25) is 5.95 Å². The lowest BCUT2D eigenvalue weighted by Gasteiger charge is -2.21. The van der Waals surface area contributed by atoms with Crippen molar-refractivity contribution >= 4 is 17.0 Å². The Labute approximate surface area is 104 Å². The van der Waals surface area contributed by atoms with Gasteiger partial charge < -0.3 is 15.5 Å². The summed E-state index contributed by atoms with van der Waals surface area (Å²) in [6, 6.07) is 0. The van der Waals surface area contributed by atoms with Gasteiger partial charge >= 0.3 is 0 Å². The molecule has 0 radical (unpaired) electrons. The Morgan fingerprint density at radius 2 is 2.22 bits per heavy atom. The SMILES string of the molecule is Nc1nc2c(CC3CCOCC3)c[nH]c2c(=O)[nH]1. The molecule has 0 saturated carbocycles. The maximum Gasteiger partial charge on any atom is 0.276 e. The second-order valence-electron chi connectivity index (χ2n) is 4.75. The van der Waals surface area contributed by atoms with Crippen LogP contribution >= 0.6 is 0 Å². The van der Waals surface area contributed by atoms with Crippen molar-refractivity contribution in [2.24, 2.45) is 5.92 Å². The summed E-state index contributed by atoms with van der Waals surface area (Å²) in [5, 5.41) is 0. The van der Waals surface area contributed by atoms with Gasteiger partial charge in [-0.3, -0.25) is 9.78 Å². The van der Waals surface area contributed by atoms with E-state index in [1.165, 1.54) is 0 Å². The number of nitrogen functional groups attached to an aromatic ring is 1. The highest BCUT2D eigenvalue weighted by atomic mass is 16.5. The van der Waals surface area contributed by atoms with Gasteiger partial charge in [-0.1, -0.05) is 0 Å². The molecule has 18 heavy (non-hydrogen) atoms. The van der Waals surface area contributed by atoms with Crippen LogP contribution in [0.2, 0.25) is 0 Å². The van der Waals surface area contributed by atoms with E-state index >= 15 is 0 Å².